The Morgan fingerprint density at radius 2 is 1.66 bits per heavy atom. The molecule has 11 nitrogen and oxygen atoms in total. The lowest BCUT2D eigenvalue weighted by molar-refractivity contribution is -0.129. The number of rotatable bonds is 7. The van der Waals surface area contributed by atoms with Gasteiger partial charge in [0.2, 0.25) is 11.8 Å². The third-order valence-corrected chi connectivity index (χ3v) is 8.98. The molecule has 50 heavy (non-hydrogen) atoms. The number of hydrogen-bond donors (Lipinski definition) is 2. The van der Waals surface area contributed by atoms with Gasteiger partial charge in [-0.25, -0.2) is 9.67 Å². The molecule has 2 aromatic heterocycles. The first-order valence-electron chi connectivity index (χ1n) is 17.2. The summed E-state index contributed by atoms with van der Waals surface area (Å²) >= 11 is 0. The maximum Gasteiger partial charge on any atom is 0.258 e. The zero-order valence-electron chi connectivity index (χ0n) is 29.0. The van der Waals surface area contributed by atoms with E-state index in [0.29, 0.717) is 78.8 Å². The van der Waals surface area contributed by atoms with Crippen LogP contribution in [0.3, 0.4) is 0 Å². The highest BCUT2D eigenvalue weighted by molar-refractivity contribution is 6.07. The van der Waals surface area contributed by atoms with Gasteiger partial charge in [-0.05, 0) is 55.5 Å². The average molecular weight is 677 g/mol. The summed E-state index contributed by atoms with van der Waals surface area (Å²) < 4.78 is 13.9. The van der Waals surface area contributed by atoms with Crippen LogP contribution in [0.4, 0.5) is 0 Å². The first kappa shape index (κ1) is 34.4. The van der Waals surface area contributed by atoms with Crippen molar-refractivity contribution in [3.05, 3.63) is 113 Å². The van der Waals surface area contributed by atoms with Gasteiger partial charge in [0.15, 0.2) is 0 Å². The van der Waals surface area contributed by atoms with Crippen molar-refractivity contribution in [1.29, 1.82) is 0 Å². The summed E-state index contributed by atoms with van der Waals surface area (Å²) in [5.74, 6) is 1.53. The average Bonchev–Trinajstić information content (AvgIpc) is 3.64. The van der Waals surface area contributed by atoms with E-state index >= 15 is 0 Å². The van der Waals surface area contributed by atoms with Crippen molar-refractivity contribution in [3.8, 4) is 5.75 Å². The highest BCUT2D eigenvalue weighted by Crippen LogP contribution is 2.31. The molecule has 2 atom stereocenters. The van der Waals surface area contributed by atoms with Crippen LogP contribution in [0, 0.1) is 19.8 Å². The monoisotopic (exact) mass is 676 g/mol. The molecular weight excluding hydrogens is 632 g/mol. The van der Waals surface area contributed by atoms with Gasteiger partial charge in [0.05, 0.1) is 18.2 Å². The number of nitrogens with zero attached hydrogens (tertiary/aromatic N) is 4. The van der Waals surface area contributed by atoms with Gasteiger partial charge in [0.25, 0.3) is 5.91 Å². The summed E-state index contributed by atoms with van der Waals surface area (Å²) in [5.41, 5.74) is 3.02. The third-order valence-electron chi connectivity index (χ3n) is 8.98. The molecule has 0 fully saturated rings. The highest BCUT2D eigenvalue weighted by Gasteiger charge is 2.31. The van der Waals surface area contributed by atoms with E-state index in [2.05, 4.69) is 15.7 Å². The largest absolute Gasteiger partial charge is 0.489 e. The lowest BCUT2D eigenvalue weighted by Gasteiger charge is -2.28. The van der Waals surface area contributed by atoms with Gasteiger partial charge in [-0.1, -0.05) is 74.5 Å². The molecule has 3 heterocycles. The Morgan fingerprint density at radius 1 is 0.940 bits per heavy atom. The van der Waals surface area contributed by atoms with Crippen LogP contribution < -0.4 is 15.4 Å². The fraction of sp³-hybridized carbons (Fsp3) is 0.359. The maximum absolute atomic E-state index is 14.4. The molecule has 0 radical (unpaired) electrons. The number of ether oxygens (including phenoxy) is 1. The molecule has 0 bridgehead atoms. The van der Waals surface area contributed by atoms with Crippen LogP contribution in [-0.4, -0.2) is 56.5 Å². The van der Waals surface area contributed by atoms with Crippen molar-refractivity contribution < 1.29 is 23.5 Å². The molecule has 0 saturated carbocycles. The van der Waals surface area contributed by atoms with Crippen molar-refractivity contribution in [2.24, 2.45) is 5.92 Å². The lowest BCUT2D eigenvalue weighted by atomic mass is 10.0. The van der Waals surface area contributed by atoms with Crippen molar-refractivity contribution in [2.45, 2.75) is 72.2 Å². The molecule has 1 aliphatic heterocycles. The molecule has 260 valence electrons. The van der Waals surface area contributed by atoms with Gasteiger partial charge in [0.1, 0.15) is 41.4 Å². The Hall–Kier alpha value is -5.45. The Labute approximate surface area is 292 Å². The van der Waals surface area contributed by atoms with Crippen molar-refractivity contribution >= 4 is 28.7 Å². The minimum atomic E-state index is -0.789. The standard InChI is InChI=1S/C39H44N6O5/c1-25(2)36-37-40-27(4)43-45(37)21-20-44(19-11-16-34(46)41-32(38(47)42-36)22-28-12-7-5-8-13-28)39(48)35-26(3)50-33-18-17-30(23-31(33)35)49-24-29-14-9-6-10-15-29/h5-10,12-15,17-18,23,25,32,36H,11,16,19-22,24H2,1-4H3,(H,41,46)(H,42,47)/t32-,36+/m0/s1. The van der Waals surface area contributed by atoms with Gasteiger partial charge < -0.3 is 24.7 Å². The summed E-state index contributed by atoms with van der Waals surface area (Å²) in [7, 11) is 0. The van der Waals surface area contributed by atoms with Gasteiger partial charge in [0, 0.05) is 31.3 Å². The van der Waals surface area contributed by atoms with E-state index in [4.69, 9.17) is 14.1 Å². The molecule has 5 aromatic rings. The SMILES string of the molecule is Cc1nc2n(n1)CCN(C(=O)c1c(C)oc3ccc(OCc4ccccc4)cc13)CCCC(=O)N[C@@H](Cc1ccccc1)C(=O)N[C@@H]2C(C)C. The number of carbonyl (C=O) groups is 3. The van der Waals surface area contributed by atoms with Crippen LogP contribution >= 0.6 is 0 Å². The summed E-state index contributed by atoms with van der Waals surface area (Å²) in [6.07, 6.45) is 0.880. The summed E-state index contributed by atoms with van der Waals surface area (Å²) in [6.45, 7) is 8.98. The third kappa shape index (κ3) is 8.05. The van der Waals surface area contributed by atoms with Crippen LogP contribution in [0.15, 0.2) is 83.3 Å². The van der Waals surface area contributed by atoms with Crippen molar-refractivity contribution in [2.75, 3.05) is 13.1 Å². The number of aryl methyl sites for hydroxylation is 2. The number of benzene rings is 3. The first-order chi connectivity index (χ1) is 24.2. The van der Waals surface area contributed by atoms with Gasteiger partial charge >= 0.3 is 0 Å². The number of hydrogen-bond acceptors (Lipinski definition) is 7. The fourth-order valence-electron chi connectivity index (χ4n) is 6.39. The van der Waals surface area contributed by atoms with Crippen LogP contribution in [0.1, 0.15) is 71.6 Å². The van der Waals surface area contributed by atoms with E-state index in [1.165, 1.54) is 0 Å². The molecule has 0 aliphatic carbocycles. The van der Waals surface area contributed by atoms with Gasteiger partial charge in [-0.3, -0.25) is 14.4 Å². The second-order valence-corrected chi connectivity index (χ2v) is 13.1. The Bertz CT molecular complexity index is 1950. The molecule has 0 unspecified atom stereocenters. The number of amides is 3. The molecule has 11 heteroatoms. The molecule has 2 N–H and O–H groups in total. The lowest BCUT2D eigenvalue weighted by Crippen LogP contribution is -2.50. The fourth-order valence-corrected chi connectivity index (χ4v) is 6.39. The number of fused-ring (bicyclic) bond motifs is 2. The first-order valence-corrected chi connectivity index (χ1v) is 17.2. The molecule has 0 spiro atoms. The van der Waals surface area contributed by atoms with Crippen molar-refractivity contribution in [3.63, 3.8) is 0 Å². The second-order valence-electron chi connectivity index (χ2n) is 13.1. The van der Waals surface area contributed by atoms with E-state index in [0.717, 1.165) is 11.1 Å². The van der Waals surface area contributed by atoms with E-state index in [1.54, 1.807) is 16.5 Å². The Balaban J connectivity index is 1.29. The molecule has 3 amide bonds. The number of furan rings is 1. The summed E-state index contributed by atoms with van der Waals surface area (Å²) in [4.78, 5) is 48.0. The van der Waals surface area contributed by atoms with Crippen LogP contribution in [0.5, 0.6) is 5.75 Å². The van der Waals surface area contributed by atoms with E-state index in [1.807, 2.05) is 99.6 Å². The van der Waals surface area contributed by atoms with Crippen LogP contribution in [-0.2, 0) is 29.2 Å². The molecule has 6 rings (SSSR count). The minimum Gasteiger partial charge on any atom is -0.489 e. The summed E-state index contributed by atoms with van der Waals surface area (Å²) in [5, 5.41) is 11.5. The van der Waals surface area contributed by atoms with E-state index < -0.39 is 12.1 Å². The summed E-state index contributed by atoms with van der Waals surface area (Å²) in [6, 6.07) is 23.8. The number of nitrogens with one attached hydrogen (secondary N) is 2. The zero-order valence-corrected chi connectivity index (χ0v) is 29.0. The normalized spacial score (nSPS) is 17.6. The molecule has 3 aromatic carbocycles. The zero-order chi connectivity index (χ0) is 35.2. The second kappa shape index (κ2) is 15.4. The number of carbonyl (C=O) groups excluding carboxylic acids is 3. The minimum absolute atomic E-state index is 0.0294. The predicted molar refractivity (Wildman–Crippen MR) is 189 cm³/mol. The van der Waals surface area contributed by atoms with Crippen LogP contribution in [0.25, 0.3) is 11.0 Å². The Morgan fingerprint density at radius 3 is 2.38 bits per heavy atom. The quantitative estimate of drug-likeness (QED) is 0.226. The molecule has 0 saturated heterocycles. The predicted octanol–water partition coefficient (Wildman–Crippen LogP) is 5.70. The topological polar surface area (TPSA) is 132 Å². The maximum atomic E-state index is 14.4. The van der Waals surface area contributed by atoms with Gasteiger partial charge in [-0.2, -0.15) is 5.10 Å². The van der Waals surface area contributed by atoms with E-state index in [-0.39, 0.29) is 30.1 Å². The smallest absolute Gasteiger partial charge is 0.258 e. The molecular formula is C39H44N6O5. The van der Waals surface area contributed by atoms with Crippen LogP contribution in [0.2, 0.25) is 0 Å². The van der Waals surface area contributed by atoms with Gasteiger partial charge in [-0.15, -0.1) is 0 Å². The Kier molecular flexibility index (Phi) is 10.6. The molecule has 1 aliphatic rings. The highest BCUT2D eigenvalue weighted by atomic mass is 16.5. The van der Waals surface area contributed by atoms with Crippen molar-refractivity contribution in [1.82, 2.24) is 30.3 Å². The van der Waals surface area contributed by atoms with E-state index in [9.17, 15) is 14.4 Å². The number of aromatic nitrogens is 3.